The lowest BCUT2D eigenvalue weighted by molar-refractivity contribution is 0.177. The van der Waals surface area contributed by atoms with Crippen molar-refractivity contribution < 1.29 is 4.74 Å². The Morgan fingerprint density at radius 3 is 2.00 bits per heavy atom. The minimum absolute atomic E-state index is 0.0509. The summed E-state index contributed by atoms with van der Waals surface area (Å²) >= 11 is 0. The quantitative estimate of drug-likeness (QED) is 0.314. The van der Waals surface area contributed by atoms with Crippen molar-refractivity contribution in [3.63, 3.8) is 0 Å². The fraction of sp³-hybridized carbons (Fsp3) is 0.0714. The van der Waals surface area contributed by atoms with Gasteiger partial charge in [0.2, 0.25) is 0 Å². The van der Waals surface area contributed by atoms with E-state index in [2.05, 4.69) is 60.7 Å². The summed E-state index contributed by atoms with van der Waals surface area (Å²) < 4.78 is 6.95. The van der Waals surface area contributed by atoms with Crippen molar-refractivity contribution in [1.82, 2.24) is 0 Å². The second kappa shape index (κ2) is 6.78. The van der Waals surface area contributed by atoms with Crippen LogP contribution in [0.25, 0.3) is 27.2 Å². The van der Waals surface area contributed by atoms with Gasteiger partial charge in [-0.3, -0.25) is 0 Å². The fourth-order valence-electron chi connectivity index (χ4n) is 4.94. The molecule has 0 fully saturated rings. The third kappa shape index (κ3) is 2.60. The molecule has 0 spiro atoms. The number of anilines is 1. The van der Waals surface area contributed by atoms with Gasteiger partial charge in [-0.15, -0.1) is 0 Å². The summed E-state index contributed by atoms with van der Waals surface area (Å²) in [5, 5.41) is 4.07. The van der Waals surface area contributed by atoms with Crippen LogP contribution in [0.15, 0.2) is 103 Å². The number of fused-ring (bicyclic) bond motifs is 4. The molecule has 0 amide bonds. The Bertz CT molecular complexity index is 1390. The Labute approximate surface area is 180 Å². The summed E-state index contributed by atoms with van der Waals surface area (Å²) in [6.45, 7) is 0. The second-order valence-corrected chi connectivity index (χ2v) is 8.10. The summed E-state index contributed by atoms with van der Waals surface area (Å²) in [6.07, 6.45) is 8.22. The van der Waals surface area contributed by atoms with Crippen LogP contribution in [0.4, 0.5) is 5.69 Å². The number of hydrogen-bond acceptors (Lipinski definition) is 3. The van der Waals surface area contributed by atoms with E-state index in [1.54, 1.807) is 0 Å². The molecule has 6 rings (SSSR count). The van der Waals surface area contributed by atoms with Crippen LogP contribution in [0.3, 0.4) is 0 Å². The molecule has 0 bridgehead atoms. The van der Waals surface area contributed by atoms with Crippen LogP contribution in [0.1, 0.15) is 17.2 Å². The summed E-state index contributed by atoms with van der Waals surface area (Å²) in [6, 6.07) is 24.7. The molecule has 4 aromatic carbocycles. The minimum atomic E-state index is -0.185. The number of nitrogen functional groups attached to an aromatic ring is 1. The van der Waals surface area contributed by atoms with Crippen molar-refractivity contribution in [2.45, 2.75) is 6.10 Å². The van der Waals surface area contributed by atoms with Crippen LogP contribution < -0.4 is 16.2 Å². The lowest BCUT2D eigenvalue weighted by Crippen LogP contribution is -2.27. The van der Waals surface area contributed by atoms with E-state index in [1.807, 2.05) is 36.4 Å². The van der Waals surface area contributed by atoms with Crippen LogP contribution in [-0.4, -0.2) is 0 Å². The summed E-state index contributed by atoms with van der Waals surface area (Å²) in [5.74, 6) is 0.915. The first-order valence-electron chi connectivity index (χ1n) is 10.5. The zero-order chi connectivity index (χ0) is 20.9. The first kappa shape index (κ1) is 17.8. The molecule has 0 heterocycles. The molecule has 3 heteroatoms. The largest absolute Gasteiger partial charge is 0.483 e. The maximum absolute atomic E-state index is 6.95. The highest BCUT2D eigenvalue weighted by molar-refractivity contribution is 6.14. The van der Waals surface area contributed by atoms with Crippen molar-refractivity contribution in [1.29, 1.82) is 0 Å². The predicted molar refractivity (Wildman–Crippen MR) is 129 cm³/mol. The highest BCUT2D eigenvalue weighted by Crippen LogP contribution is 2.47. The molecule has 2 atom stereocenters. The average molecular weight is 402 g/mol. The third-order valence-corrected chi connectivity index (χ3v) is 6.43. The normalized spacial score (nSPS) is 19.5. The Morgan fingerprint density at radius 1 is 0.677 bits per heavy atom. The number of ether oxygens (including phenoxy) is 1. The van der Waals surface area contributed by atoms with Crippen molar-refractivity contribution in [2.75, 3.05) is 5.73 Å². The Hall–Kier alpha value is -3.98. The van der Waals surface area contributed by atoms with Crippen molar-refractivity contribution in [3.05, 3.63) is 114 Å². The molecule has 0 saturated carbocycles. The van der Waals surface area contributed by atoms with Gasteiger partial charge < -0.3 is 16.2 Å². The SMILES string of the molecule is NC1=C2C=CC=CC2C(Oc2c3ccccc3c(N)c3ccccc23)c2ccccc21. The second-order valence-electron chi connectivity index (χ2n) is 8.10. The maximum Gasteiger partial charge on any atom is 0.136 e. The van der Waals surface area contributed by atoms with E-state index in [-0.39, 0.29) is 12.0 Å². The molecule has 0 aromatic heterocycles. The monoisotopic (exact) mass is 402 g/mol. The van der Waals surface area contributed by atoms with Crippen LogP contribution in [0, 0.1) is 5.92 Å². The Kier molecular flexibility index (Phi) is 3.90. The van der Waals surface area contributed by atoms with Crippen LogP contribution in [0.5, 0.6) is 5.75 Å². The van der Waals surface area contributed by atoms with Gasteiger partial charge in [0.05, 0.1) is 0 Å². The van der Waals surface area contributed by atoms with Crippen LogP contribution in [-0.2, 0) is 0 Å². The molecule has 2 aliphatic carbocycles. The zero-order valence-electron chi connectivity index (χ0n) is 17.0. The molecule has 4 N–H and O–H groups in total. The first-order chi connectivity index (χ1) is 15.2. The molecular weight excluding hydrogens is 380 g/mol. The Balaban J connectivity index is 1.61. The van der Waals surface area contributed by atoms with Gasteiger partial charge in [0, 0.05) is 50.0 Å². The van der Waals surface area contributed by atoms with Gasteiger partial charge in [-0.05, 0) is 5.57 Å². The smallest absolute Gasteiger partial charge is 0.136 e. The highest BCUT2D eigenvalue weighted by atomic mass is 16.5. The Morgan fingerprint density at radius 2 is 1.29 bits per heavy atom. The van der Waals surface area contributed by atoms with Gasteiger partial charge in [-0.25, -0.2) is 0 Å². The number of rotatable bonds is 2. The maximum atomic E-state index is 6.95. The van der Waals surface area contributed by atoms with E-state index >= 15 is 0 Å². The molecule has 2 aliphatic rings. The van der Waals surface area contributed by atoms with E-state index < -0.39 is 0 Å². The van der Waals surface area contributed by atoms with Gasteiger partial charge in [-0.1, -0.05) is 97.1 Å². The molecule has 0 aliphatic heterocycles. The molecule has 0 radical (unpaired) electrons. The summed E-state index contributed by atoms with van der Waals surface area (Å²) in [5.41, 5.74) is 18.0. The fourth-order valence-corrected chi connectivity index (χ4v) is 4.94. The molecule has 3 nitrogen and oxygen atoms in total. The zero-order valence-corrected chi connectivity index (χ0v) is 17.0. The standard InChI is InChI=1S/C28H22N2O/c29-25-17-9-1-5-13-21(17)27(22-14-6-2-10-18(22)25)31-28-23-15-7-3-11-19(23)26(30)20-12-4-8-16-24(20)28/h1-16,21,27H,29-30H2. The van der Waals surface area contributed by atoms with Gasteiger partial charge >= 0.3 is 0 Å². The van der Waals surface area contributed by atoms with E-state index in [1.165, 1.54) is 0 Å². The molecule has 0 saturated heterocycles. The number of benzene rings is 4. The average Bonchev–Trinajstić information content (AvgIpc) is 2.84. The molecular formula is C28H22N2O. The van der Waals surface area contributed by atoms with E-state index in [0.717, 1.165) is 55.4 Å². The number of allylic oxidation sites excluding steroid dienone is 3. The van der Waals surface area contributed by atoms with E-state index in [9.17, 15) is 0 Å². The van der Waals surface area contributed by atoms with Gasteiger partial charge in [-0.2, -0.15) is 0 Å². The first-order valence-corrected chi connectivity index (χ1v) is 10.5. The van der Waals surface area contributed by atoms with Crippen molar-refractivity contribution >= 4 is 32.9 Å². The van der Waals surface area contributed by atoms with Gasteiger partial charge in [0.15, 0.2) is 0 Å². The van der Waals surface area contributed by atoms with Gasteiger partial charge in [0.25, 0.3) is 0 Å². The highest BCUT2D eigenvalue weighted by Gasteiger charge is 2.35. The predicted octanol–water partition coefficient (Wildman–Crippen LogP) is 6.12. The molecule has 2 unspecified atom stereocenters. The number of nitrogens with two attached hydrogens (primary N) is 2. The van der Waals surface area contributed by atoms with Crippen molar-refractivity contribution in [3.8, 4) is 5.75 Å². The molecule has 31 heavy (non-hydrogen) atoms. The van der Waals surface area contributed by atoms with E-state index in [0.29, 0.717) is 0 Å². The van der Waals surface area contributed by atoms with Crippen LogP contribution >= 0.6 is 0 Å². The third-order valence-electron chi connectivity index (χ3n) is 6.43. The summed E-state index contributed by atoms with van der Waals surface area (Å²) in [4.78, 5) is 0. The molecule has 4 aromatic rings. The number of hydrogen-bond donors (Lipinski definition) is 2. The van der Waals surface area contributed by atoms with Crippen LogP contribution in [0.2, 0.25) is 0 Å². The van der Waals surface area contributed by atoms with Crippen molar-refractivity contribution in [2.24, 2.45) is 11.7 Å². The minimum Gasteiger partial charge on any atom is -0.483 e. The van der Waals surface area contributed by atoms with Gasteiger partial charge in [0.1, 0.15) is 11.9 Å². The lowest BCUT2D eigenvalue weighted by Gasteiger charge is -2.35. The van der Waals surface area contributed by atoms with E-state index in [4.69, 9.17) is 16.2 Å². The lowest BCUT2D eigenvalue weighted by atomic mass is 9.77. The topological polar surface area (TPSA) is 61.3 Å². The summed E-state index contributed by atoms with van der Waals surface area (Å²) in [7, 11) is 0. The molecule has 150 valence electrons.